The Bertz CT molecular complexity index is 1010. The monoisotopic (exact) mass is 438 g/mol. The molecule has 2 amide bonds. The Hall–Kier alpha value is -3.75. The van der Waals surface area contributed by atoms with Gasteiger partial charge in [0.15, 0.2) is 0 Å². The van der Waals surface area contributed by atoms with Gasteiger partial charge in [-0.3, -0.25) is 4.79 Å². The summed E-state index contributed by atoms with van der Waals surface area (Å²) in [5, 5.41) is 23.1. The average molecular weight is 438 g/mol. The van der Waals surface area contributed by atoms with Crippen molar-refractivity contribution in [3.8, 4) is 5.75 Å². The van der Waals surface area contributed by atoms with Gasteiger partial charge in [0.25, 0.3) is 0 Å². The van der Waals surface area contributed by atoms with Crippen LogP contribution < -0.4 is 15.4 Å². The minimum atomic E-state index is -1.09. The van der Waals surface area contributed by atoms with Gasteiger partial charge >= 0.3 is 12.1 Å². The number of hydrogen-bond acceptors (Lipinski definition) is 6. The molecule has 3 rings (SSSR count). The van der Waals surface area contributed by atoms with E-state index in [4.69, 9.17) is 4.74 Å². The fourth-order valence-corrected chi connectivity index (χ4v) is 3.27. The first-order valence-corrected chi connectivity index (χ1v) is 10.6. The van der Waals surface area contributed by atoms with E-state index in [1.54, 1.807) is 36.4 Å². The summed E-state index contributed by atoms with van der Waals surface area (Å²) in [6.45, 7) is 1.15. The van der Waals surface area contributed by atoms with Crippen molar-refractivity contribution in [1.29, 1.82) is 0 Å². The van der Waals surface area contributed by atoms with Gasteiger partial charge in [-0.25, -0.2) is 9.59 Å². The maximum Gasteiger partial charge on any atom is 0.412 e. The van der Waals surface area contributed by atoms with Crippen molar-refractivity contribution < 1.29 is 24.2 Å². The summed E-state index contributed by atoms with van der Waals surface area (Å²) in [6, 6.07) is 11.2. The molecule has 168 valence electrons. The minimum absolute atomic E-state index is 0.0436. The summed E-state index contributed by atoms with van der Waals surface area (Å²) in [5.41, 5.74) is 1.35. The molecule has 1 aliphatic heterocycles. The number of fused-ring (bicyclic) bond motifs is 1. The van der Waals surface area contributed by atoms with Gasteiger partial charge in [0, 0.05) is 19.5 Å². The molecule has 9 heteroatoms. The summed E-state index contributed by atoms with van der Waals surface area (Å²) >= 11 is 0. The van der Waals surface area contributed by atoms with Crippen LogP contribution in [0.15, 0.2) is 52.7 Å². The number of ether oxygens (including phenoxy) is 1. The molecule has 0 fully saturated rings. The fourth-order valence-electron chi connectivity index (χ4n) is 3.27. The Morgan fingerprint density at radius 1 is 0.906 bits per heavy atom. The van der Waals surface area contributed by atoms with Crippen molar-refractivity contribution in [3.05, 3.63) is 53.6 Å². The third-order valence-corrected chi connectivity index (χ3v) is 4.97. The van der Waals surface area contributed by atoms with Crippen LogP contribution in [0, 0.1) is 0 Å². The maximum absolute atomic E-state index is 12.2. The van der Waals surface area contributed by atoms with Crippen molar-refractivity contribution in [2.24, 2.45) is 10.2 Å². The van der Waals surface area contributed by atoms with Crippen molar-refractivity contribution in [2.45, 2.75) is 38.5 Å². The zero-order chi connectivity index (χ0) is 22.8. The molecule has 1 heterocycles. The van der Waals surface area contributed by atoms with Crippen LogP contribution in [0.1, 0.15) is 48.0 Å². The highest BCUT2D eigenvalue weighted by Crippen LogP contribution is 2.28. The van der Waals surface area contributed by atoms with Crippen LogP contribution in [0.5, 0.6) is 5.75 Å². The van der Waals surface area contributed by atoms with E-state index in [9.17, 15) is 19.5 Å². The Labute approximate surface area is 185 Å². The Morgan fingerprint density at radius 3 is 2.44 bits per heavy atom. The van der Waals surface area contributed by atoms with Crippen molar-refractivity contribution in [2.75, 3.05) is 13.1 Å². The topological polar surface area (TPSA) is 129 Å². The summed E-state index contributed by atoms with van der Waals surface area (Å²) < 4.78 is 5.44. The van der Waals surface area contributed by atoms with Gasteiger partial charge in [0.2, 0.25) is 5.91 Å². The van der Waals surface area contributed by atoms with Crippen LogP contribution in [-0.2, 0) is 11.2 Å². The number of aryl methyl sites for hydroxylation is 1. The molecule has 0 bridgehead atoms. The lowest BCUT2D eigenvalue weighted by Crippen LogP contribution is -2.28. The molecule has 0 spiro atoms. The third kappa shape index (κ3) is 6.90. The second-order valence-electron chi connectivity index (χ2n) is 7.39. The predicted octanol–water partition coefficient (Wildman–Crippen LogP) is 4.51. The Balaban J connectivity index is 1.82. The number of amides is 2. The van der Waals surface area contributed by atoms with E-state index in [1.165, 1.54) is 6.07 Å². The van der Waals surface area contributed by atoms with Crippen molar-refractivity contribution >= 4 is 29.3 Å². The molecule has 0 atom stereocenters. The molecule has 0 aliphatic carbocycles. The van der Waals surface area contributed by atoms with Crippen LogP contribution in [0.25, 0.3) is 0 Å². The van der Waals surface area contributed by atoms with Crippen LogP contribution in [0.4, 0.5) is 16.2 Å². The van der Waals surface area contributed by atoms with E-state index in [2.05, 4.69) is 20.9 Å². The normalized spacial score (nSPS) is 16.1. The average Bonchev–Trinajstić information content (AvgIpc) is 2.79. The molecule has 0 aromatic heterocycles. The van der Waals surface area contributed by atoms with E-state index < -0.39 is 12.1 Å². The van der Waals surface area contributed by atoms with Gasteiger partial charge in [0.05, 0.1) is 11.3 Å². The Morgan fingerprint density at radius 2 is 1.66 bits per heavy atom. The number of azo groups is 1. The molecular formula is C23H26N4O5. The summed E-state index contributed by atoms with van der Waals surface area (Å²) in [5.74, 6) is -0.822. The molecule has 0 saturated carbocycles. The highest BCUT2D eigenvalue weighted by atomic mass is 16.6. The van der Waals surface area contributed by atoms with E-state index >= 15 is 0 Å². The first kappa shape index (κ1) is 22.9. The van der Waals surface area contributed by atoms with Crippen molar-refractivity contribution in [1.82, 2.24) is 10.6 Å². The number of hydrogen-bond donors (Lipinski definition) is 3. The zero-order valence-corrected chi connectivity index (χ0v) is 17.7. The van der Waals surface area contributed by atoms with Gasteiger partial charge in [-0.1, -0.05) is 25.0 Å². The molecule has 0 unspecified atom stereocenters. The Kier molecular flexibility index (Phi) is 8.30. The second-order valence-corrected chi connectivity index (χ2v) is 7.39. The SMILES string of the molecule is O=C1CCc2cc(N=Nc3ccccc3C(=O)O)ccc2OC(=O)NCCCCCCN1. The molecule has 2 aromatic rings. The molecule has 0 saturated heterocycles. The van der Waals surface area contributed by atoms with E-state index in [-0.39, 0.29) is 23.6 Å². The van der Waals surface area contributed by atoms with E-state index in [0.717, 1.165) is 25.7 Å². The van der Waals surface area contributed by atoms with Crippen molar-refractivity contribution in [3.63, 3.8) is 0 Å². The first-order chi connectivity index (χ1) is 15.5. The van der Waals surface area contributed by atoms with Crippen LogP contribution in [-0.4, -0.2) is 36.2 Å². The fraction of sp³-hybridized carbons (Fsp3) is 0.348. The quantitative estimate of drug-likeness (QED) is 0.607. The number of rotatable bonds is 3. The molecule has 1 aliphatic rings. The highest BCUT2D eigenvalue weighted by Gasteiger charge is 2.13. The molecule has 0 radical (unpaired) electrons. The molecule has 9 nitrogen and oxygen atoms in total. The summed E-state index contributed by atoms with van der Waals surface area (Å²) in [4.78, 5) is 35.6. The van der Waals surface area contributed by atoms with E-state index in [0.29, 0.717) is 36.5 Å². The van der Waals surface area contributed by atoms with Gasteiger partial charge in [-0.05, 0) is 55.2 Å². The summed E-state index contributed by atoms with van der Waals surface area (Å²) in [6.07, 6.45) is 3.73. The smallest absolute Gasteiger partial charge is 0.412 e. The molecule has 32 heavy (non-hydrogen) atoms. The maximum atomic E-state index is 12.2. The predicted molar refractivity (Wildman–Crippen MR) is 118 cm³/mol. The second kappa shape index (κ2) is 11.6. The number of benzene rings is 2. The van der Waals surface area contributed by atoms with E-state index in [1.807, 2.05) is 0 Å². The minimum Gasteiger partial charge on any atom is -0.478 e. The van der Waals surface area contributed by atoms with Gasteiger partial charge in [-0.2, -0.15) is 5.11 Å². The number of carboxylic acids is 1. The largest absolute Gasteiger partial charge is 0.478 e. The van der Waals surface area contributed by atoms with Gasteiger partial charge in [0.1, 0.15) is 11.4 Å². The lowest BCUT2D eigenvalue weighted by atomic mass is 10.1. The van der Waals surface area contributed by atoms with Gasteiger partial charge < -0.3 is 20.5 Å². The summed E-state index contributed by atoms with van der Waals surface area (Å²) in [7, 11) is 0. The lowest BCUT2D eigenvalue weighted by Gasteiger charge is -2.11. The molecule has 3 N–H and O–H groups in total. The number of carbonyl (C=O) groups excluding carboxylic acids is 2. The van der Waals surface area contributed by atoms with Gasteiger partial charge in [-0.15, -0.1) is 5.11 Å². The lowest BCUT2D eigenvalue weighted by molar-refractivity contribution is -0.121. The first-order valence-electron chi connectivity index (χ1n) is 10.6. The number of aromatic carboxylic acids is 1. The zero-order valence-electron chi connectivity index (χ0n) is 17.7. The number of carbonyl (C=O) groups is 3. The number of nitrogens with zero attached hydrogens (tertiary/aromatic N) is 2. The highest BCUT2D eigenvalue weighted by molar-refractivity contribution is 5.93. The van der Waals surface area contributed by atoms with Crippen LogP contribution >= 0.6 is 0 Å². The standard InChI is InChI=1S/C23H26N4O5/c28-21-12-9-16-15-17(26-27-19-8-4-3-7-18(19)22(29)30)10-11-20(16)32-23(31)25-14-6-2-1-5-13-24-21/h3-4,7-8,10-11,15H,1-2,5-6,9,12-14H2,(H,24,28)(H,25,31)(H,29,30). The van der Waals surface area contributed by atoms with Crippen LogP contribution in [0.3, 0.4) is 0 Å². The molecule has 2 aromatic carbocycles. The number of carboxylic acid groups (broad SMARTS) is 1. The molecular weight excluding hydrogens is 412 g/mol. The van der Waals surface area contributed by atoms with Crippen LogP contribution in [0.2, 0.25) is 0 Å². The number of nitrogens with one attached hydrogen (secondary N) is 2. The third-order valence-electron chi connectivity index (χ3n) is 4.97.